The van der Waals surface area contributed by atoms with Gasteiger partial charge in [-0.05, 0) is 81.8 Å². The number of rotatable bonds is 9. The first kappa shape index (κ1) is 31.7. The number of nitrogens with one attached hydrogen (secondary N) is 1. The van der Waals surface area contributed by atoms with Crippen LogP contribution in [0.1, 0.15) is 46.1 Å². The maximum absolute atomic E-state index is 13.4. The van der Waals surface area contributed by atoms with Crippen molar-refractivity contribution in [3.63, 3.8) is 0 Å². The van der Waals surface area contributed by atoms with E-state index in [0.717, 1.165) is 11.1 Å². The minimum absolute atomic E-state index is 0.0154. The van der Waals surface area contributed by atoms with Gasteiger partial charge < -0.3 is 25.0 Å². The summed E-state index contributed by atoms with van der Waals surface area (Å²) in [5, 5.41) is 25.2. The largest absolute Gasteiger partial charge is 0.464 e. The molecule has 0 radical (unpaired) electrons. The van der Waals surface area contributed by atoms with Gasteiger partial charge in [-0.1, -0.05) is 47.5 Å². The minimum atomic E-state index is -1.89. The lowest BCUT2D eigenvalue weighted by atomic mass is 9.95. The quantitative estimate of drug-likeness (QED) is 0.368. The Bertz CT molecular complexity index is 1180. The first-order chi connectivity index (χ1) is 18.8. The number of benzene rings is 2. The number of halogens is 2. The van der Waals surface area contributed by atoms with E-state index in [9.17, 15) is 24.6 Å². The molecule has 1 saturated heterocycles. The van der Waals surface area contributed by atoms with Crippen LogP contribution < -0.4 is 5.32 Å². The highest BCUT2D eigenvalue weighted by Gasteiger charge is 2.39. The Morgan fingerprint density at radius 1 is 1.05 bits per heavy atom. The number of amides is 2. The molecule has 0 aliphatic carbocycles. The van der Waals surface area contributed by atoms with Crippen LogP contribution in [0.5, 0.6) is 0 Å². The van der Waals surface area contributed by atoms with Gasteiger partial charge >= 0.3 is 12.1 Å². The molecule has 2 aromatic carbocycles. The zero-order valence-corrected chi connectivity index (χ0v) is 24.5. The van der Waals surface area contributed by atoms with Crippen LogP contribution in [0, 0.1) is 0 Å². The number of carbonyl (C=O) groups is 3. The molecular weight excluding hydrogens is 559 g/mol. The molecule has 0 spiro atoms. The fourth-order valence-corrected chi connectivity index (χ4v) is 5.04. The van der Waals surface area contributed by atoms with Crippen LogP contribution >= 0.6 is 23.2 Å². The zero-order valence-electron chi connectivity index (χ0n) is 23.0. The Hall–Kier alpha value is -2.85. The van der Waals surface area contributed by atoms with Crippen molar-refractivity contribution in [1.82, 2.24) is 10.2 Å². The van der Waals surface area contributed by atoms with Gasteiger partial charge in [-0.15, -0.1) is 0 Å². The summed E-state index contributed by atoms with van der Waals surface area (Å²) in [5.74, 6) is -1.52. The van der Waals surface area contributed by atoms with E-state index in [1.165, 1.54) is 4.90 Å². The van der Waals surface area contributed by atoms with Crippen molar-refractivity contribution in [3.8, 4) is 11.1 Å². The number of ether oxygens (including phenoxy) is 2. The summed E-state index contributed by atoms with van der Waals surface area (Å²) in [4.78, 5) is 39.6. The van der Waals surface area contributed by atoms with Crippen LogP contribution in [0.25, 0.3) is 11.1 Å². The molecular formula is C29H36Cl2N2O7. The van der Waals surface area contributed by atoms with E-state index in [1.807, 2.05) is 12.1 Å². The van der Waals surface area contributed by atoms with Gasteiger partial charge in [-0.3, -0.25) is 9.69 Å². The summed E-state index contributed by atoms with van der Waals surface area (Å²) in [5.41, 5.74) is 1.65. The van der Waals surface area contributed by atoms with Crippen LogP contribution in [0.4, 0.5) is 4.79 Å². The lowest BCUT2D eigenvalue weighted by molar-refractivity contribution is -0.161. The summed E-state index contributed by atoms with van der Waals surface area (Å²) in [6, 6.07) is 10.6. The summed E-state index contributed by atoms with van der Waals surface area (Å²) >= 11 is 12.3. The van der Waals surface area contributed by atoms with E-state index in [4.69, 9.17) is 32.7 Å². The molecule has 0 saturated carbocycles. The third-order valence-electron chi connectivity index (χ3n) is 6.38. The number of nitrogens with zero attached hydrogens (tertiary/aromatic N) is 1. The van der Waals surface area contributed by atoms with E-state index in [2.05, 4.69) is 5.32 Å². The lowest BCUT2D eigenvalue weighted by Crippen LogP contribution is -2.56. The maximum atomic E-state index is 13.4. The van der Waals surface area contributed by atoms with Crippen molar-refractivity contribution in [1.29, 1.82) is 0 Å². The number of esters is 1. The fraction of sp³-hybridized carbons (Fsp3) is 0.483. The predicted molar refractivity (Wildman–Crippen MR) is 152 cm³/mol. The molecule has 11 heteroatoms. The van der Waals surface area contributed by atoms with Crippen LogP contribution in [0.15, 0.2) is 42.5 Å². The number of hydrogen-bond acceptors (Lipinski definition) is 7. The third kappa shape index (κ3) is 8.57. The molecule has 1 aliphatic rings. The van der Waals surface area contributed by atoms with E-state index in [-0.39, 0.29) is 13.0 Å². The third-order valence-corrected chi connectivity index (χ3v) is 6.82. The molecule has 1 heterocycles. The van der Waals surface area contributed by atoms with Gasteiger partial charge in [-0.25, -0.2) is 9.59 Å². The molecule has 9 nitrogen and oxygen atoms in total. The van der Waals surface area contributed by atoms with Gasteiger partial charge in [-0.2, -0.15) is 0 Å². The van der Waals surface area contributed by atoms with Crippen LogP contribution in [0.2, 0.25) is 10.0 Å². The van der Waals surface area contributed by atoms with Crippen LogP contribution in [-0.2, 0) is 25.5 Å². The van der Waals surface area contributed by atoms with Gasteiger partial charge in [0, 0.05) is 16.6 Å². The second kappa shape index (κ2) is 13.7. The van der Waals surface area contributed by atoms with Gasteiger partial charge in [0.2, 0.25) is 5.91 Å². The summed E-state index contributed by atoms with van der Waals surface area (Å²) < 4.78 is 10.3. The van der Waals surface area contributed by atoms with Crippen molar-refractivity contribution < 1.29 is 34.1 Å². The highest BCUT2D eigenvalue weighted by molar-refractivity contribution is 6.35. The Balaban J connectivity index is 1.81. The second-order valence-corrected chi connectivity index (χ2v) is 11.6. The van der Waals surface area contributed by atoms with E-state index in [0.29, 0.717) is 35.0 Å². The molecule has 218 valence electrons. The van der Waals surface area contributed by atoms with Crippen molar-refractivity contribution in [3.05, 3.63) is 58.1 Å². The zero-order chi connectivity index (χ0) is 29.6. The number of aliphatic hydroxyl groups excluding tert-OH is 2. The topological polar surface area (TPSA) is 125 Å². The van der Waals surface area contributed by atoms with Gasteiger partial charge in [0.1, 0.15) is 17.7 Å². The average Bonchev–Trinajstić information content (AvgIpc) is 3.37. The Morgan fingerprint density at radius 3 is 2.25 bits per heavy atom. The van der Waals surface area contributed by atoms with Crippen LogP contribution in [-0.4, -0.2) is 76.1 Å². The van der Waals surface area contributed by atoms with E-state index in [1.54, 1.807) is 58.0 Å². The molecule has 0 aromatic heterocycles. The van der Waals surface area contributed by atoms with Crippen molar-refractivity contribution in [2.75, 3.05) is 13.2 Å². The highest BCUT2D eigenvalue weighted by atomic mass is 35.5. The Labute approximate surface area is 244 Å². The predicted octanol–water partition coefficient (Wildman–Crippen LogP) is 4.37. The molecule has 2 amide bonds. The van der Waals surface area contributed by atoms with Crippen LogP contribution in [0.3, 0.4) is 0 Å². The van der Waals surface area contributed by atoms with Gasteiger partial charge in [0.15, 0.2) is 6.10 Å². The maximum Gasteiger partial charge on any atom is 0.410 e. The van der Waals surface area contributed by atoms with Gasteiger partial charge in [0.25, 0.3) is 0 Å². The highest BCUT2D eigenvalue weighted by Crippen LogP contribution is 2.28. The molecule has 0 bridgehead atoms. The monoisotopic (exact) mass is 594 g/mol. The molecule has 3 N–H and O–H groups in total. The molecule has 1 fully saturated rings. The smallest absolute Gasteiger partial charge is 0.410 e. The fourth-order valence-electron chi connectivity index (χ4n) is 4.51. The molecule has 4 atom stereocenters. The van der Waals surface area contributed by atoms with Crippen molar-refractivity contribution >= 4 is 41.2 Å². The molecule has 40 heavy (non-hydrogen) atoms. The van der Waals surface area contributed by atoms with E-state index < -0.39 is 47.9 Å². The Morgan fingerprint density at radius 2 is 1.68 bits per heavy atom. The van der Waals surface area contributed by atoms with E-state index >= 15 is 0 Å². The number of carbonyl (C=O) groups excluding carboxylic acids is 3. The Kier molecular flexibility index (Phi) is 10.8. The number of hydrogen-bond donors (Lipinski definition) is 3. The van der Waals surface area contributed by atoms with Gasteiger partial charge in [0.05, 0.1) is 12.6 Å². The number of likely N-dealkylation sites (tertiary alicyclic amines) is 1. The lowest BCUT2D eigenvalue weighted by Gasteiger charge is -2.31. The first-order valence-corrected chi connectivity index (χ1v) is 13.9. The standard InChI is InChI=1S/C29H36Cl2N2O7/c1-5-39-27(37)25(35)24(34)22(32-26(36)23-7-6-12-33(23)28(38)40-29(2,3)4)13-17-8-10-18(11-9-17)19-14-20(30)16-21(31)15-19/h8-11,14-16,22-25,34-35H,5-7,12-13H2,1-4H3,(H,32,36). The summed E-state index contributed by atoms with van der Waals surface area (Å²) in [6.07, 6.45) is -3.07. The summed E-state index contributed by atoms with van der Waals surface area (Å²) in [6.45, 7) is 7.17. The molecule has 2 aromatic rings. The second-order valence-electron chi connectivity index (χ2n) is 10.7. The molecule has 3 rings (SSSR count). The first-order valence-electron chi connectivity index (χ1n) is 13.2. The minimum Gasteiger partial charge on any atom is -0.464 e. The average molecular weight is 596 g/mol. The van der Waals surface area contributed by atoms with Crippen molar-refractivity contribution in [2.24, 2.45) is 0 Å². The molecule has 4 unspecified atom stereocenters. The van der Waals surface area contributed by atoms with Crippen molar-refractivity contribution in [2.45, 2.75) is 76.9 Å². The SMILES string of the molecule is CCOC(=O)C(O)C(O)C(Cc1ccc(-c2cc(Cl)cc(Cl)c2)cc1)NC(=O)C1CCCN1C(=O)OC(C)(C)C. The number of aliphatic hydroxyl groups is 2. The summed E-state index contributed by atoms with van der Waals surface area (Å²) in [7, 11) is 0. The molecule has 1 aliphatic heterocycles. The normalized spacial score (nSPS) is 17.6.